The molecule has 0 unspecified atom stereocenters. The number of halogens is 1. The maximum absolute atomic E-state index is 14.9. The van der Waals surface area contributed by atoms with Crippen LogP contribution >= 0.6 is 0 Å². The Kier molecular flexibility index (Phi) is 6.86. The Hall–Kier alpha value is -3.52. The Morgan fingerprint density at radius 1 is 1.22 bits per heavy atom. The lowest BCUT2D eigenvalue weighted by atomic mass is 9.95. The summed E-state index contributed by atoms with van der Waals surface area (Å²) >= 11 is 0. The van der Waals surface area contributed by atoms with E-state index in [0.717, 1.165) is 11.3 Å². The van der Waals surface area contributed by atoms with Crippen LogP contribution < -0.4 is 5.14 Å². The van der Waals surface area contributed by atoms with Gasteiger partial charge >= 0.3 is 10.3 Å². The summed E-state index contributed by atoms with van der Waals surface area (Å²) in [6.45, 7) is 0.0946. The predicted molar refractivity (Wildman–Crippen MR) is 129 cm³/mol. The number of aliphatic hydroxyl groups is 1. The zero-order chi connectivity index (χ0) is 26.2. The fourth-order valence-electron chi connectivity index (χ4n) is 4.85. The minimum absolute atomic E-state index is 0.0665. The van der Waals surface area contributed by atoms with Crippen molar-refractivity contribution in [1.29, 1.82) is 0 Å². The van der Waals surface area contributed by atoms with E-state index in [4.69, 9.17) is 5.14 Å². The summed E-state index contributed by atoms with van der Waals surface area (Å²) in [7, 11) is -4.21. The second kappa shape index (κ2) is 10.1. The molecule has 3 N–H and O–H groups in total. The monoisotopic (exact) mass is 528 g/mol. The van der Waals surface area contributed by atoms with Crippen molar-refractivity contribution in [2.24, 2.45) is 17.0 Å². The van der Waals surface area contributed by atoms with Crippen molar-refractivity contribution in [2.75, 3.05) is 6.61 Å². The lowest BCUT2D eigenvalue weighted by Gasteiger charge is -2.15. The van der Waals surface area contributed by atoms with Gasteiger partial charge in [0.25, 0.3) is 0 Å². The minimum Gasteiger partial charge on any atom is -0.390 e. The summed E-state index contributed by atoms with van der Waals surface area (Å²) in [4.78, 5) is 25.8. The van der Waals surface area contributed by atoms with Crippen molar-refractivity contribution >= 4 is 21.7 Å². The molecule has 1 aliphatic carbocycles. The molecule has 0 bridgehead atoms. The summed E-state index contributed by atoms with van der Waals surface area (Å²) < 4.78 is 45.4. The van der Waals surface area contributed by atoms with Gasteiger partial charge in [-0.25, -0.2) is 24.5 Å². The number of aromatic nitrogens is 5. The molecular formula is C24H25FN6O5S. The normalized spacial score (nSPS) is 22.0. The van der Waals surface area contributed by atoms with Gasteiger partial charge in [-0.1, -0.05) is 6.07 Å². The van der Waals surface area contributed by atoms with Crippen LogP contribution in [0.5, 0.6) is 0 Å². The molecule has 4 heterocycles. The van der Waals surface area contributed by atoms with Crippen molar-refractivity contribution in [3.63, 3.8) is 0 Å². The molecule has 4 atom stereocenters. The highest BCUT2D eigenvalue weighted by molar-refractivity contribution is 7.84. The molecule has 37 heavy (non-hydrogen) atoms. The van der Waals surface area contributed by atoms with Gasteiger partial charge in [0, 0.05) is 48.2 Å². The van der Waals surface area contributed by atoms with Crippen LogP contribution in [0.3, 0.4) is 0 Å². The Morgan fingerprint density at radius 2 is 2.05 bits per heavy atom. The van der Waals surface area contributed by atoms with Gasteiger partial charge in [0.1, 0.15) is 18.1 Å². The summed E-state index contributed by atoms with van der Waals surface area (Å²) in [6.07, 6.45) is 6.96. The highest BCUT2D eigenvalue weighted by atomic mass is 32.2. The zero-order valence-corrected chi connectivity index (χ0v) is 20.4. The number of hydrogen-bond donors (Lipinski definition) is 2. The van der Waals surface area contributed by atoms with E-state index >= 15 is 0 Å². The molecule has 0 aromatic carbocycles. The first kappa shape index (κ1) is 25.1. The van der Waals surface area contributed by atoms with Crippen LogP contribution in [0, 0.1) is 11.8 Å². The third-order valence-corrected chi connectivity index (χ3v) is 7.14. The van der Waals surface area contributed by atoms with Gasteiger partial charge < -0.3 is 14.1 Å². The van der Waals surface area contributed by atoms with Crippen LogP contribution in [-0.2, 0) is 27.5 Å². The van der Waals surface area contributed by atoms with E-state index in [0.29, 0.717) is 17.8 Å². The van der Waals surface area contributed by atoms with E-state index in [1.165, 1.54) is 12.5 Å². The van der Waals surface area contributed by atoms with E-state index in [-0.39, 0.29) is 24.2 Å². The molecule has 0 radical (unpaired) electrons. The number of alkyl halides is 1. The number of nitrogens with two attached hydrogens (primary N) is 1. The van der Waals surface area contributed by atoms with Gasteiger partial charge in [0.15, 0.2) is 5.78 Å². The first-order valence-electron chi connectivity index (χ1n) is 11.6. The largest absolute Gasteiger partial charge is 0.390 e. The number of hydrogen-bond acceptors (Lipinski definition) is 8. The molecule has 0 saturated heterocycles. The Morgan fingerprint density at radius 3 is 2.86 bits per heavy atom. The van der Waals surface area contributed by atoms with Crippen LogP contribution in [-0.4, -0.2) is 62.1 Å². The average molecular weight is 529 g/mol. The molecule has 4 aromatic heterocycles. The lowest BCUT2D eigenvalue weighted by Crippen LogP contribution is -2.29. The molecular weight excluding hydrogens is 503 g/mol. The van der Waals surface area contributed by atoms with Crippen LogP contribution in [0.25, 0.3) is 5.65 Å². The second-order valence-electron chi connectivity index (χ2n) is 9.13. The van der Waals surface area contributed by atoms with Crippen LogP contribution in [0.4, 0.5) is 4.39 Å². The number of fused-ring (bicyclic) bond motifs is 1. The Labute approximate surface area is 212 Å². The van der Waals surface area contributed by atoms with Crippen molar-refractivity contribution in [3.05, 3.63) is 84.1 Å². The summed E-state index contributed by atoms with van der Waals surface area (Å²) in [5.74, 6) is -1.75. The standard InChI is InChI=1S/C24H25FN6O5S/c25-22-16(8-17(24(22)33)13-36-37(26,34)35)9-20-19(10-27-14-29-20)23(32)15-4-6-30(11-15)12-18-2-1-3-21-28-5-7-31(18)21/h1-7,10-11,14,16-17,22,24,33H,8-9,12-13H2,(H2,26,34,35)/t16-,17+,22+,24+/m0/s1. The van der Waals surface area contributed by atoms with Gasteiger partial charge in [0.05, 0.1) is 30.5 Å². The number of pyridine rings is 1. The van der Waals surface area contributed by atoms with Crippen molar-refractivity contribution in [3.8, 4) is 0 Å². The number of aliphatic hydroxyl groups excluding tert-OH is 1. The van der Waals surface area contributed by atoms with E-state index in [1.54, 1.807) is 24.7 Å². The Bertz CT molecular complexity index is 1540. The molecule has 4 aromatic rings. The molecule has 194 valence electrons. The number of rotatable bonds is 9. The number of carbonyl (C=O) groups is 1. The summed E-state index contributed by atoms with van der Waals surface area (Å²) in [5, 5.41) is 15.1. The van der Waals surface area contributed by atoms with Gasteiger partial charge in [-0.05, 0) is 37.0 Å². The molecule has 13 heteroatoms. The van der Waals surface area contributed by atoms with Crippen molar-refractivity contribution in [2.45, 2.75) is 31.7 Å². The molecule has 1 fully saturated rings. The van der Waals surface area contributed by atoms with E-state index < -0.39 is 41.0 Å². The molecule has 1 aliphatic rings. The number of imidazole rings is 1. The SMILES string of the molecule is NS(=O)(=O)OC[C@H]1C[C@@H](Cc2ncncc2C(=O)c2ccn(Cc3cccc4nccn34)c2)[C@@H](F)[C@@H]1O. The minimum atomic E-state index is -4.21. The third-order valence-electron chi connectivity index (χ3n) is 6.68. The zero-order valence-electron chi connectivity index (χ0n) is 19.6. The molecule has 1 saturated carbocycles. The summed E-state index contributed by atoms with van der Waals surface area (Å²) in [5.41, 5.74) is 2.83. The van der Waals surface area contributed by atoms with Gasteiger partial charge in [-0.3, -0.25) is 8.98 Å². The first-order chi connectivity index (χ1) is 17.7. The maximum Gasteiger partial charge on any atom is 0.333 e. The maximum atomic E-state index is 14.9. The van der Waals surface area contributed by atoms with Crippen LogP contribution in [0.15, 0.2) is 61.6 Å². The van der Waals surface area contributed by atoms with Gasteiger partial charge in [0.2, 0.25) is 0 Å². The highest BCUT2D eigenvalue weighted by Crippen LogP contribution is 2.37. The fraction of sp³-hybridized carbons (Fsp3) is 0.333. The van der Waals surface area contributed by atoms with E-state index in [9.17, 15) is 22.7 Å². The number of nitrogens with zero attached hydrogens (tertiary/aromatic N) is 5. The van der Waals surface area contributed by atoms with Crippen LogP contribution in [0.1, 0.15) is 33.7 Å². The van der Waals surface area contributed by atoms with Gasteiger partial charge in [-0.15, -0.1) is 0 Å². The van der Waals surface area contributed by atoms with Gasteiger partial charge in [-0.2, -0.15) is 8.42 Å². The molecule has 0 aliphatic heterocycles. The number of ketones is 1. The smallest absolute Gasteiger partial charge is 0.333 e. The Balaban J connectivity index is 1.31. The van der Waals surface area contributed by atoms with E-state index in [1.807, 2.05) is 33.4 Å². The quantitative estimate of drug-likeness (QED) is 0.308. The molecule has 0 spiro atoms. The van der Waals surface area contributed by atoms with Crippen molar-refractivity contribution in [1.82, 2.24) is 23.9 Å². The second-order valence-corrected chi connectivity index (χ2v) is 10.4. The lowest BCUT2D eigenvalue weighted by molar-refractivity contribution is 0.0438. The topological polar surface area (TPSA) is 155 Å². The number of carbonyl (C=O) groups excluding carboxylic acids is 1. The highest BCUT2D eigenvalue weighted by Gasteiger charge is 2.43. The average Bonchev–Trinajstić information content (AvgIpc) is 3.59. The molecule has 0 amide bonds. The fourth-order valence-corrected chi connectivity index (χ4v) is 5.21. The van der Waals surface area contributed by atoms with E-state index in [2.05, 4.69) is 19.1 Å². The summed E-state index contributed by atoms with van der Waals surface area (Å²) in [6, 6.07) is 7.51. The third kappa shape index (κ3) is 5.44. The molecule has 5 rings (SSSR count). The van der Waals surface area contributed by atoms with Crippen LogP contribution in [0.2, 0.25) is 0 Å². The predicted octanol–water partition coefficient (Wildman–Crippen LogP) is 1.30. The molecule has 11 nitrogen and oxygen atoms in total. The first-order valence-corrected chi connectivity index (χ1v) is 13.1. The van der Waals surface area contributed by atoms with Crippen molar-refractivity contribution < 1.29 is 26.9 Å².